The number of nitrogens with zero attached hydrogens (tertiary/aromatic N) is 4. The number of nitrogens with two attached hydrogens (primary N) is 1. The lowest BCUT2D eigenvalue weighted by molar-refractivity contribution is 0.696. The number of para-hydroxylation sites is 1. The van der Waals surface area contributed by atoms with Crippen molar-refractivity contribution in [3.05, 3.63) is 53.5 Å². The second kappa shape index (κ2) is 5.02. The molecule has 3 aromatic rings. The summed E-state index contributed by atoms with van der Waals surface area (Å²) in [6, 6.07) is 10.0. The first-order chi connectivity index (χ1) is 9.63. The standard InChI is InChI=1S/C15H17N5/c1-10-7-13(12-5-3-4-6-15(12)17-10)14(16)8-11-9-20(2)19-18-11/h3-7,9,14H,8,16H2,1-2H3. The highest BCUT2D eigenvalue weighted by atomic mass is 15.4. The molecule has 5 heteroatoms. The molecular weight excluding hydrogens is 250 g/mol. The maximum atomic E-state index is 6.37. The van der Waals surface area contributed by atoms with Gasteiger partial charge in [0.05, 0.1) is 11.2 Å². The first-order valence-electron chi connectivity index (χ1n) is 6.60. The molecule has 2 N–H and O–H groups in total. The fourth-order valence-electron chi connectivity index (χ4n) is 2.47. The minimum atomic E-state index is -0.113. The van der Waals surface area contributed by atoms with E-state index in [2.05, 4.69) is 27.4 Å². The van der Waals surface area contributed by atoms with Crippen LogP contribution in [-0.4, -0.2) is 20.0 Å². The van der Waals surface area contributed by atoms with Gasteiger partial charge in [-0.05, 0) is 24.6 Å². The van der Waals surface area contributed by atoms with Crippen LogP contribution < -0.4 is 5.73 Å². The zero-order chi connectivity index (χ0) is 14.1. The van der Waals surface area contributed by atoms with E-state index in [9.17, 15) is 0 Å². The summed E-state index contributed by atoms with van der Waals surface area (Å²) in [6.07, 6.45) is 2.57. The number of aryl methyl sites for hydroxylation is 2. The molecule has 1 aromatic carbocycles. The van der Waals surface area contributed by atoms with Gasteiger partial charge in [0.25, 0.3) is 0 Å². The van der Waals surface area contributed by atoms with Crippen molar-refractivity contribution in [2.45, 2.75) is 19.4 Å². The fourth-order valence-corrected chi connectivity index (χ4v) is 2.47. The van der Waals surface area contributed by atoms with Gasteiger partial charge in [-0.2, -0.15) is 0 Å². The van der Waals surface area contributed by atoms with Gasteiger partial charge in [0.15, 0.2) is 0 Å². The van der Waals surface area contributed by atoms with Crippen molar-refractivity contribution in [1.29, 1.82) is 0 Å². The molecule has 20 heavy (non-hydrogen) atoms. The number of hydrogen-bond donors (Lipinski definition) is 1. The molecule has 2 heterocycles. The molecule has 0 aliphatic carbocycles. The van der Waals surface area contributed by atoms with E-state index in [0.29, 0.717) is 6.42 Å². The molecule has 102 valence electrons. The van der Waals surface area contributed by atoms with Crippen molar-refractivity contribution >= 4 is 10.9 Å². The van der Waals surface area contributed by atoms with Crippen molar-refractivity contribution in [2.75, 3.05) is 0 Å². The van der Waals surface area contributed by atoms with E-state index < -0.39 is 0 Å². The molecule has 0 fully saturated rings. The Morgan fingerprint density at radius 3 is 2.85 bits per heavy atom. The SMILES string of the molecule is Cc1cc(C(N)Cc2cn(C)nn2)c2ccccc2n1. The third-order valence-electron chi connectivity index (χ3n) is 3.35. The molecule has 0 radical (unpaired) electrons. The molecule has 0 aliphatic heterocycles. The lowest BCUT2D eigenvalue weighted by Gasteiger charge is -2.14. The summed E-state index contributed by atoms with van der Waals surface area (Å²) < 4.78 is 1.69. The smallest absolute Gasteiger partial charge is 0.0845 e. The van der Waals surface area contributed by atoms with E-state index in [-0.39, 0.29) is 6.04 Å². The Hall–Kier alpha value is -2.27. The number of pyridine rings is 1. The Bertz CT molecular complexity index is 747. The molecular formula is C15H17N5. The predicted octanol–water partition coefficient (Wildman–Crippen LogP) is 1.91. The van der Waals surface area contributed by atoms with Crippen LogP contribution in [0.3, 0.4) is 0 Å². The van der Waals surface area contributed by atoms with Crippen LogP contribution in [0.4, 0.5) is 0 Å². The third-order valence-corrected chi connectivity index (χ3v) is 3.35. The van der Waals surface area contributed by atoms with Crippen LogP contribution in [0.15, 0.2) is 36.5 Å². The topological polar surface area (TPSA) is 69.6 Å². The van der Waals surface area contributed by atoms with E-state index >= 15 is 0 Å². The number of aromatic nitrogens is 4. The van der Waals surface area contributed by atoms with Crippen molar-refractivity contribution in [1.82, 2.24) is 20.0 Å². The van der Waals surface area contributed by atoms with E-state index in [4.69, 9.17) is 5.73 Å². The molecule has 0 bridgehead atoms. The van der Waals surface area contributed by atoms with Crippen molar-refractivity contribution in [2.24, 2.45) is 12.8 Å². The molecule has 5 nitrogen and oxygen atoms in total. The maximum Gasteiger partial charge on any atom is 0.0845 e. The molecule has 0 amide bonds. The Labute approximate surface area is 117 Å². The molecule has 1 atom stereocenters. The fraction of sp³-hybridized carbons (Fsp3) is 0.267. The van der Waals surface area contributed by atoms with Gasteiger partial charge in [-0.15, -0.1) is 5.10 Å². The molecule has 0 saturated carbocycles. The molecule has 2 aromatic heterocycles. The zero-order valence-electron chi connectivity index (χ0n) is 11.6. The normalized spacial score (nSPS) is 12.8. The average molecular weight is 267 g/mol. The maximum absolute atomic E-state index is 6.37. The number of fused-ring (bicyclic) bond motifs is 1. The summed E-state index contributed by atoms with van der Waals surface area (Å²) in [4.78, 5) is 4.54. The molecule has 0 saturated heterocycles. The highest BCUT2D eigenvalue weighted by Gasteiger charge is 2.13. The molecule has 0 spiro atoms. The minimum Gasteiger partial charge on any atom is -0.324 e. The zero-order valence-corrected chi connectivity index (χ0v) is 11.6. The van der Waals surface area contributed by atoms with Gasteiger partial charge in [0.2, 0.25) is 0 Å². The molecule has 3 rings (SSSR count). The van der Waals surface area contributed by atoms with E-state index in [1.54, 1.807) is 4.68 Å². The minimum absolute atomic E-state index is 0.113. The van der Waals surface area contributed by atoms with Crippen LogP contribution in [0.25, 0.3) is 10.9 Å². The summed E-state index contributed by atoms with van der Waals surface area (Å²) in [5, 5.41) is 9.15. The lowest BCUT2D eigenvalue weighted by atomic mass is 9.98. The first kappa shape index (κ1) is 12.7. The number of hydrogen-bond acceptors (Lipinski definition) is 4. The van der Waals surface area contributed by atoms with Gasteiger partial charge in [-0.3, -0.25) is 9.67 Å². The van der Waals surface area contributed by atoms with E-state index in [1.165, 1.54) is 0 Å². The molecule has 0 aliphatic rings. The van der Waals surface area contributed by atoms with Gasteiger partial charge < -0.3 is 5.73 Å². The Morgan fingerprint density at radius 1 is 1.30 bits per heavy atom. The Kier molecular flexibility index (Phi) is 3.20. The van der Waals surface area contributed by atoms with Gasteiger partial charge in [0.1, 0.15) is 0 Å². The number of benzene rings is 1. The molecule has 1 unspecified atom stereocenters. The van der Waals surface area contributed by atoms with Crippen LogP contribution in [0, 0.1) is 6.92 Å². The Balaban J connectivity index is 2.00. The van der Waals surface area contributed by atoms with Gasteiger partial charge in [0, 0.05) is 36.8 Å². The lowest BCUT2D eigenvalue weighted by Crippen LogP contribution is -2.14. The third kappa shape index (κ3) is 2.40. The van der Waals surface area contributed by atoms with Gasteiger partial charge in [-0.1, -0.05) is 23.4 Å². The number of rotatable bonds is 3. The van der Waals surface area contributed by atoms with Crippen molar-refractivity contribution in [3.63, 3.8) is 0 Å². The monoisotopic (exact) mass is 267 g/mol. The quantitative estimate of drug-likeness (QED) is 0.787. The van der Waals surface area contributed by atoms with Gasteiger partial charge in [-0.25, -0.2) is 0 Å². The van der Waals surface area contributed by atoms with Crippen molar-refractivity contribution in [3.8, 4) is 0 Å². The summed E-state index contributed by atoms with van der Waals surface area (Å²) in [6.45, 7) is 1.99. The van der Waals surface area contributed by atoms with Crippen LogP contribution in [0.5, 0.6) is 0 Å². The van der Waals surface area contributed by atoms with Crippen molar-refractivity contribution < 1.29 is 0 Å². The van der Waals surface area contributed by atoms with E-state index in [1.807, 2.05) is 38.4 Å². The summed E-state index contributed by atoms with van der Waals surface area (Å²) in [5.41, 5.74) is 10.3. The van der Waals surface area contributed by atoms with Gasteiger partial charge >= 0.3 is 0 Å². The second-order valence-corrected chi connectivity index (χ2v) is 5.06. The van der Waals surface area contributed by atoms with E-state index in [0.717, 1.165) is 27.9 Å². The highest BCUT2D eigenvalue weighted by molar-refractivity contribution is 5.82. The average Bonchev–Trinajstić information content (AvgIpc) is 2.83. The second-order valence-electron chi connectivity index (χ2n) is 5.06. The summed E-state index contributed by atoms with van der Waals surface area (Å²) in [7, 11) is 1.86. The van der Waals surface area contributed by atoms with Crippen LogP contribution >= 0.6 is 0 Å². The van der Waals surface area contributed by atoms with Crippen LogP contribution in [0.1, 0.15) is 23.0 Å². The van der Waals surface area contributed by atoms with Crippen LogP contribution in [0.2, 0.25) is 0 Å². The largest absolute Gasteiger partial charge is 0.324 e. The Morgan fingerprint density at radius 2 is 2.10 bits per heavy atom. The van der Waals surface area contributed by atoms with Crippen LogP contribution in [-0.2, 0) is 13.5 Å². The predicted molar refractivity (Wildman–Crippen MR) is 78.1 cm³/mol. The summed E-state index contributed by atoms with van der Waals surface area (Å²) >= 11 is 0. The highest BCUT2D eigenvalue weighted by Crippen LogP contribution is 2.24. The summed E-state index contributed by atoms with van der Waals surface area (Å²) in [5.74, 6) is 0. The first-order valence-corrected chi connectivity index (χ1v) is 6.60.